The lowest BCUT2D eigenvalue weighted by molar-refractivity contribution is 0.0902. The normalized spacial score (nSPS) is 20.1. The van der Waals surface area contributed by atoms with Crippen LogP contribution in [0.25, 0.3) is 10.6 Å². The first-order valence-electron chi connectivity index (χ1n) is 10.6. The summed E-state index contributed by atoms with van der Waals surface area (Å²) in [6, 6.07) is 21.4. The van der Waals surface area contributed by atoms with Crippen molar-refractivity contribution >= 4 is 17.2 Å². The third-order valence-corrected chi connectivity index (χ3v) is 6.90. The van der Waals surface area contributed by atoms with E-state index in [-0.39, 0.29) is 11.9 Å². The highest BCUT2D eigenvalue weighted by Gasteiger charge is 2.30. The molecule has 4 rings (SSSR count). The van der Waals surface area contributed by atoms with E-state index < -0.39 is 0 Å². The van der Waals surface area contributed by atoms with Crippen molar-refractivity contribution in [3.05, 3.63) is 77.3 Å². The summed E-state index contributed by atoms with van der Waals surface area (Å²) in [5.41, 5.74) is 2.96. The molecule has 156 valence electrons. The Bertz CT molecular complexity index is 947. The van der Waals surface area contributed by atoms with Gasteiger partial charge in [0.1, 0.15) is 10.7 Å². The molecule has 1 N–H and O–H groups in total. The fourth-order valence-electron chi connectivity index (χ4n) is 4.57. The van der Waals surface area contributed by atoms with Crippen molar-refractivity contribution in [1.29, 1.82) is 0 Å². The van der Waals surface area contributed by atoms with Crippen LogP contribution in [-0.4, -0.2) is 35.9 Å². The number of carbonyl (C=O) groups is 1. The minimum atomic E-state index is -0.0518. The first-order valence-corrected chi connectivity index (χ1v) is 11.5. The summed E-state index contributed by atoms with van der Waals surface area (Å²) in [6.07, 6.45) is 4.27. The van der Waals surface area contributed by atoms with Gasteiger partial charge in [0.15, 0.2) is 0 Å². The third-order valence-electron chi connectivity index (χ3n) is 6.01. The summed E-state index contributed by atoms with van der Waals surface area (Å²) in [5, 5.41) is 5.97. The van der Waals surface area contributed by atoms with Crippen molar-refractivity contribution in [3.63, 3.8) is 0 Å². The molecule has 0 spiro atoms. The number of thiazole rings is 1. The number of hydrogen-bond donors (Lipinski definition) is 1. The van der Waals surface area contributed by atoms with E-state index in [1.807, 2.05) is 35.7 Å². The molecular formula is C25H29N3OS. The Morgan fingerprint density at radius 3 is 2.27 bits per heavy atom. The van der Waals surface area contributed by atoms with Gasteiger partial charge >= 0.3 is 0 Å². The zero-order valence-electron chi connectivity index (χ0n) is 17.6. The maximum absolute atomic E-state index is 12.7. The second kappa shape index (κ2) is 9.54. The van der Waals surface area contributed by atoms with Crippen LogP contribution in [0.4, 0.5) is 0 Å². The Hall–Kier alpha value is -2.50. The average Bonchev–Trinajstić information content (AvgIpc) is 3.27. The molecule has 1 amide bonds. The fraction of sp³-hybridized carbons (Fsp3) is 0.360. The summed E-state index contributed by atoms with van der Waals surface area (Å²) >= 11 is 1.52. The molecule has 5 heteroatoms. The average molecular weight is 420 g/mol. The van der Waals surface area contributed by atoms with E-state index in [1.165, 1.54) is 16.9 Å². The Kier molecular flexibility index (Phi) is 6.60. The summed E-state index contributed by atoms with van der Waals surface area (Å²) < 4.78 is 0. The zero-order valence-corrected chi connectivity index (χ0v) is 18.4. The van der Waals surface area contributed by atoms with Crippen molar-refractivity contribution in [3.8, 4) is 10.6 Å². The highest BCUT2D eigenvalue weighted by Crippen LogP contribution is 2.37. The summed E-state index contributed by atoms with van der Waals surface area (Å²) in [6.45, 7) is 0. The molecule has 2 aromatic carbocycles. The molecule has 0 saturated heterocycles. The molecule has 0 bridgehead atoms. The van der Waals surface area contributed by atoms with Crippen molar-refractivity contribution < 1.29 is 4.79 Å². The fourth-order valence-corrected chi connectivity index (χ4v) is 5.38. The van der Waals surface area contributed by atoms with E-state index in [0.29, 0.717) is 17.7 Å². The van der Waals surface area contributed by atoms with Gasteiger partial charge in [-0.2, -0.15) is 0 Å². The lowest BCUT2D eigenvalue weighted by Crippen LogP contribution is -2.40. The molecular weight excluding hydrogens is 390 g/mol. The van der Waals surface area contributed by atoms with Gasteiger partial charge in [-0.05, 0) is 51.3 Å². The molecule has 1 aliphatic rings. The van der Waals surface area contributed by atoms with Gasteiger partial charge < -0.3 is 10.2 Å². The van der Waals surface area contributed by atoms with Gasteiger partial charge in [-0.15, -0.1) is 11.3 Å². The van der Waals surface area contributed by atoms with Gasteiger partial charge in [-0.25, -0.2) is 4.98 Å². The monoisotopic (exact) mass is 419 g/mol. The third kappa shape index (κ3) is 4.79. The van der Waals surface area contributed by atoms with Crippen LogP contribution in [0, 0.1) is 5.92 Å². The van der Waals surface area contributed by atoms with Gasteiger partial charge in [0, 0.05) is 23.0 Å². The molecule has 1 unspecified atom stereocenters. The maximum Gasteiger partial charge on any atom is 0.270 e. The van der Waals surface area contributed by atoms with Crippen LogP contribution in [-0.2, 0) is 0 Å². The predicted molar refractivity (Wildman–Crippen MR) is 124 cm³/mol. The largest absolute Gasteiger partial charge is 0.348 e. The van der Waals surface area contributed by atoms with E-state index in [9.17, 15) is 4.79 Å². The molecule has 1 saturated carbocycles. The summed E-state index contributed by atoms with van der Waals surface area (Å²) in [7, 11) is 4.33. The topological polar surface area (TPSA) is 45.2 Å². The highest BCUT2D eigenvalue weighted by atomic mass is 32.1. The smallest absolute Gasteiger partial charge is 0.270 e. The van der Waals surface area contributed by atoms with Crippen LogP contribution < -0.4 is 5.32 Å². The van der Waals surface area contributed by atoms with Gasteiger partial charge in [0.2, 0.25) is 0 Å². The summed E-state index contributed by atoms with van der Waals surface area (Å²) in [5.74, 6) is 0.559. The molecule has 4 nitrogen and oxygen atoms in total. The Morgan fingerprint density at radius 1 is 1.00 bits per heavy atom. The number of carbonyl (C=O) groups excluding carboxylic acids is 1. The molecule has 0 radical (unpaired) electrons. The first-order chi connectivity index (χ1) is 14.6. The number of aromatic nitrogens is 1. The minimum Gasteiger partial charge on any atom is -0.348 e. The van der Waals surface area contributed by atoms with Gasteiger partial charge in [0.05, 0.1) is 0 Å². The number of nitrogens with zero attached hydrogens (tertiary/aromatic N) is 2. The molecule has 1 aliphatic carbocycles. The molecule has 1 atom stereocenters. The number of nitrogens with one attached hydrogen (secondary N) is 1. The van der Waals surface area contributed by atoms with E-state index >= 15 is 0 Å². The van der Waals surface area contributed by atoms with Crippen LogP contribution in [0.5, 0.6) is 0 Å². The summed E-state index contributed by atoms with van der Waals surface area (Å²) in [4.78, 5) is 19.6. The standard InChI is InChI=1S/C25H29N3OS/c1-28(2)23(18-9-5-3-6-10-18)19-13-15-21(16-14-19)26-24(29)22-17-30-25(27-22)20-11-7-4-8-12-20/h3-12,17,19,21,23H,13-16H2,1-2H3,(H,26,29). The number of amides is 1. The van der Waals surface area contributed by atoms with Gasteiger partial charge in [0.25, 0.3) is 5.91 Å². The van der Waals surface area contributed by atoms with Crippen LogP contribution in [0.3, 0.4) is 0 Å². The zero-order chi connectivity index (χ0) is 20.9. The molecule has 30 heavy (non-hydrogen) atoms. The lowest BCUT2D eigenvalue weighted by Gasteiger charge is -2.37. The van der Waals surface area contributed by atoms with Crippen LogP contribution in [0.2, 0.25) is 0 Å². The lowest BCUT2D eigenvalue weighted by atomic mass is 9.78. The number of benzene rings is 2. The van der Waals surface area contributed by atoms with E-state index in [2.05, 4.69) is 59.6 Å². The number of rotatable bonds is 6. The Balaban J connectivity index is 1.34. The highest BCUT2D eigenvalue weighted by molar-refractivity contribution is 7.13. The van der Waals surface area contributed by atoms with Gasteiger partial charge in [-0.1, -0.05) is 60.7 Å². The van der Waals surface area contributed by atoms with E-state index in [0.717, 1.165) is 36.3 Å². The SMILES string of the molecule is CN(C)C(c1ccccc1)C1CCC(NC(=O)c2csc(-c3ccccc3)n2)CC1. The van der Waals surface area contributed by atoms with Crippen molar-refractivity contribution in [1.82, 2.24) is 15.2 Å². The van der Waals surface area contributed by atoms with Crippen molar-refractivity contribution in [2.24, 2.45) is 5.92 Å². The maximum atomic E-state index is 12.7. The molecule has 1 heterocycles. The van der Waals surface area contributed by atoms with Crippen LogP contribution >= 0.6 is 11.3 Å². The predicted octanol–water partition coefficient (Wildman–Crippen LogP) is 5.40. The second-order valence-corrected chi connectivity index (χ2v) is 9.17. The first kappa shape index (κ1) is 20.8. The Labute approximate surface area is 183 Å². The Morgan fingerprint density at radius 2 is 1.63 bits per heavy atom. The van der Waals surface area contributed by atoms with E-state index in [4.69, 9.17) is 0 Å². The second-order valence-electron chi connectivity index (χ2n) is 8.31. The van der Waals surface area contributed by atoms with Crippen molar-refractivity contribution in [2.45, 2.75) is 37.8 Å². The number of hydrogen-bond acceptors (Lipinski definition) is 4. The molecule has 3 aromatic rings. The van der Waals surface area contributed by atoms with Crippen LogP contribution in [0.1, 0.15) is 47.8 Å². The quantitative estimate of drug-likeness (QED) is 0.582. The molecule has 0 aliphatic heterocycles. The minimum absolute atomic E-state index is 0.0518. The van der Waals surface area contributed by atoms with Gasteiger partial charge in [-0.3, -0.25) is 4.79 Å². The van der Waals surface area contributed by atoms with Crippen molar-refractivity contribution in [2.75, 3.05) is 14.1 Å². The van der Waals surface area contributed by atoms with Crippen LogP contribution in [0.15, 0.2) is 66.0 Å². The molecule has 1 aromatic heterocycles. The molecule has 1 fully saturated rings. The van der Waals surface area contributed by atoms with E-state index in [1.54, 1.807) is 0 Å².